The minimum Gasteiger partial charge on any atom is -0.490 e. The standard InChI is InChI=1S/C25H24F5N3O3/c1-13(34)32-12-24(35)18-9-23(27)20(17-4-5-31-10-19(17)18)11-33-14-6-16(7-14)36-15-2-3-22(26)21(8-15)25(28,29)30/h2-5,8-10,14,16,24,33,35H,6-7,11-12H2,1H3,(H,32,34)/t14-,16-,24?. The van der Waals surface area contributed by atoms with Crippen LogP contribution in [0.1, 0.15) is 42.6 Å². The first-order valence-electron chi connectivity index (χ1n) is 11.3. The number of aliphatic hydroxyl groups excluding tert-OH is 1. The molecule has 1 amide bonds. The Morgan fingerprint density at radius 2 is 1.92 bits per heavy atom. The molecular formula is C25H24F5N3O3. The van der Waals surface area contributed by atoms with Crippen LogP contribution in [0.5, 0.6) is 5.75 Å². The monoisotopic (exact) mass is 509 g/mol. The van der Waals surface area contributed by atoms with E-state index in [0.717, 1.165) is 12.1 Å². The van der Waals surface area contributed by atoms with Gasteiger partial charge in [0.2, 0.25) is 5.91 Å². The number of hydrogen-bond donors (Lipinski definition) is 3. The van der Waals surface area contributed by atoms with E-state index in [9.17, 15) is 27.5 Å². The Labute approximate surface area is 203 Å². The van der Waals surface area contributed by atoms with Crippen molar-refractivity contribution in [3.05, 3.63) is 71.1 Å². The van der Waals surface area contributed by atoms with Gasteiger partial charge in [0.15, 0.2) is 0 Å². The third-order valence-corrected chi connectivity index (χ3v) is 6.14. The lowest BCUT2D eigenvalue weighted by Gasteiger charge is -2.36. The molecule has 0 saturated heterocycles. The van der Waals surface area contributed by atoms with Crippen molar-refractivity contribution in [1.29, 1.82) is 0 Å². The van der Waals surface area contributed by atoms with Gasteiger partial charge in [-0.1, -0.05) is 0 Å². The maximum absolute atomic E-state index is 15.0. The van der Waals surface area contributed by atoms with Gasteiger partial charge in [0.1, 0.15) is 23.5 Å². The number of aliphatic hydroxyl groups is 1. The molecule has 1 heterocycles. The number of aromatic nitrogens is 1. The predicted molar refractivity (Wildman–Crippen MR) is 121 cm³/mol. The zero-order valence-electron chi connectivity index (χ0n) is 19.2. The van der Waals surface area contributed by atoms with E-state index in [2.05, 4.69) is 15.6 Å². The SMILES string of the molecule is CC(=O)NCC(O)c1cc(F)c(CN[C@H]2C[C@H](Oc3ccc(F)c(C(F)(F)F)c3)C2)c2ccncc12. The number of halogens is 5. The van der Waals surface area contributed by atoms with E-state index < -0.39 is 29.5 Å². The molecule has 0 radical (unpaired) electrons. The van der Waals surface area contributed by atoms with Crippen molar-refractivity contribution in [3.63, 3.8) is 0 Å². The summed E-state index contributed by atoms with van der Waals surface area (Å²) in [5.74, 6) is -2.27. The summed E-state index contributed by atoms with van der Waals surface area (Å²) < 4.78 is 72.7. The fourth-order valence-corrected chi connectivity index (χ4v) is 4.19. The molecule has 0 spiro atoms. The number of benzene rings is 2. The highest BCUT2D eigenvalue weighted by atomic mass is 19.4. The van der Waals surface area contributed by atoms with Crippen molar-refractivity contribution in [2.75, 3.05) is 6.54 Å². The molecule has 1 saturated carbocycles. The van der Waals surface area contributed by atoms with Gasteiger partial charge in [0, 0.05) is 49.4 Å². The van der Waals surface area contributed by atoms with Gasteiger partial charge in [0.25, 0.3) is 0 Å². The van der Waals surface area contributed by atoms with Gasteiger partial charge in [-0.2, -0.15) is 13.2 Å². The first-order chi connectivity index (χ1) is 17.0. The first kappa shape index (κ1) is 25.8. The third-order valence-electron chi connectivity index (χ3n) is 6.14. The zero-order valence-corrected chi connectivity index (χ0v) is 19.2. The summed E-state index contributed by atoms with van der Waals surface area (Å²) in [5.41, 5.74) is -0.695. The number of ether oxygens (including phenoxy) is 1. The highest BCUT2D eigenvalue weighted by Crippen LogP contribution is 2.35. The highest BCUT2D eigenvalue weighted by Gasteiger charge is 2.36. The van der Waals surface area contributed by atoms with E-state index in [1.807, 2.05) is 0 Å². The van der Waals surface area contributed by atoms with Crippen LogP contribution < -0.4 is 15.4 Å². The van der Waals surface area contributed by atoms with E-state index in [1.165, 1.54) is 25.4 Å². The number of pyridine rings is 1. The van der Waals surface area contributed by atoms with Crippen LogP contribution in [0, 0.1) is 11.6 Å². The summed E-state index contributed by atoms with van der Waals surface area (Å²) in [6.45, 7) is 1.41. The lowest BCUT2D eigenvalue weighted by Crippen LogP contribution is -2.46. The van der Waals surface area contributed by atoms with Crippen molar-refractivity contribution in [2.24, 2.45) is 0 Å². The number of carbonyl (C=O) groups excluding carboxylic acids is 1. The molecule has 1 fully saturated rings. The highest BCUT2D eigenvalue weighted by molar-refractivity contribution is 5.88. The molecule has 1 atom stereocenters. The quantitative estimate of drug-likeness (QED) is 0.392. The molecule has 3 aromatic rings. The van der Waals surface area contributed by atoms with Crippen molar-refractivity contribution in [2.45, 2.75) is 50.7 Å². The number of nitrogens with zero attached hydrogens (tertiary/aromatic N) is 1. The van der Waals surface area contributed by atoms with E-state index in [1.54, 1.807) is 6.07 Å². The van der Waals surface area contributed by atoms with Crippen LogP contribution >= 0.6 is 0 Å². The number of carbonyl (C=O) groups is 1. The summed E-state index contributed by atoms with van der Waals surface area (Å²) >= 11 is 0. The first-order valence-corrected chi connectivity index (χ1v) is 11.3. The van der Waals surface area contributed by atoms with Gasteiger partial charge in [-0.3, -0.25) is 9.78 Å². The van der Waals surface area contributed by atoms with E-state index in [4.69, 9.17) is 4.74 Å². The molecule has 0 aliphatic heterocycles. The van der Waals surface area contributed by atoms with Crippen molar-refractivity contribution in [1.82, 2.24) is 15.6 Å². The Morgan fingerprint density at radius 1 is 1.17 bits per heavy atom. The Balaban J connectivity index is 1.39. The molecule has 4 rings (SSSR count). The lowest BCUT2D eigenvalue weighted by atomic mass is 9.88. The van der Waals surface area contributed by atoms with Gasteiger partial charge in [-0.05, 0) is 54.1 Å². The molecule has 1 aliphatic rings. The molecule has 11 heteroatoms. The van der Waals surface area contributed by atoms with Gasteiger partial charge < -0.3 is 20.5 Å². The van der Waals surface area contributed by atoms with E-state index in [-0.39, 0.29) is 36.9 Å². The average molecular weight is 509 g/mol. The molecule has 1 unspecified atom stereocenters. The average Bonchev–Trinajstić information content (AvgIpc) is 2.79. The van der Waals surface area contributed by atoms with Crippen LogP contribution in [0.15, 0.2) is 42.7 Å². The second-order valence-electron chi connectivity index (χ2n) is 8.73. The normalized spacial score (nSPS) is 18.5. The van der Waals surface area contributed by atoms with Gasteiger partial charge in [-0.15, -0.1) is 0 Å². The van der Waals surface area contributed by atoms with Crippen LogP contribution in [-0.4, -0.2) is 34.7 Å². The smallest absolute Gasteiger partial charge is 0.419 e. The van der Waals surface area contributed by atoms with Crippen molar-refractivity contribution < 1.29 is 36.6 Å². The molecule has 2 aromatic carbocycles. The van der Waals surface area contributed by atoms with Crippen LogP contribution in [0.3, 0.4) is 0 Å². The molecule has 1 aliphatic carbocycles. The maximum atomic E-state index is 15.0. The van der Waals surface area contributed by atoms with Crippen LogP contribution in [0.2, 0.25) is 0 Å². The minimum atomic E-state index is -4.81. The Kier molecular flexibility index (Phi) is 7.41. The summed E-state index contributed by atoms with van der Waals surface area (Å²) in [6.07, 6.45) is -2.29. The van der Waals surface area contributed by atoms with Crippen LogP contribution in [0.4, 0.5) is 22.0 Å². The molecule has 6 nitrogen and oxygen atoms in total. The minimum absolute atomic E-state index is 0.0566. The van der Waals surface area contributed by atoms with E-state index in [0.29, 0.717) is 40.8 Å². The van der Waals surface area contributed by atoms with Crippen molar-refractivity contribution in [3.8, 4) is 5.75 Å². The summed E-state index contributed by atoms with van der Waals surface area (Å²) in [4.78, 5) is 15.2. The summed E-state index contributed by atoms with van der Waals surface area (Å²) in [5, 5.41) is 17.3. The molecule has 1 aromatic heterocycles. The molecule has 0 bridgehead atoms. The Bertz CT molecular complexity index is 1260. The molecule has 3 N–H and O–H groups in total. The van der Waals surface area contributed by atoms with Crippen molar-refractivity contribution >= 4 is 16.7 Å². The third kappa shape index (κ3) is 5.73. The molecular weight excluding hydrogens is 485 g/mol. The number of fused-ring (bicyclic) bond motifs is 1. The Morgan fingerprint density at radius 3 is 2.61 bits per heavy atom. The topological polar surface area (TPSA) is 83.5 Å². The largest absolute Gasteiger partial charge is 0.490 e. The number of amides is 1. The summed E-state index contributed by atoms with van der Waals surface area (Å²) in [6, 6.07) is 5.35. The van der Waals surface area contributed by atoms with Crippen LogP contribution in [0.25, 0.3) is 10.8 Å². The predicted octanol–water partition coefficient (Wildman–Crippen LogP) is 4.40. The number of nitrogens with one attached hydrogen (secondary N) is 2. The second kappa shape index (κ2) is 10.4. The number of rotatable bonds is 8. The second-order valence-corrected chi connectivity index (χ2v) is 8.73. The number of alkyl halides is 3. The van der Waals surface area contributed by atoms with Gasteiger partial charge in [-0.25, -0.2) is 8.78 Å². The van der Waals surface area contributed by atoms with Gasteiger partial charge >= 0.3 is 6.18 Å². The Hall–Kier alpha value is -3.31. The zero-order chi connectivity index (χ0) is 26.0. The van der Waals surface area contributed by atoms with Gasteiger partial charge in [0.05, 0.1) is 11.7 Å². The summed E-state index contributed by atoms with van der Waals surface area (Å²) in [7, 11) is 0. The number of hydrogen-bond acceptors (Lipinski definition) is 5. The fraction of sp³-hybridized carbons (Fsp3) is 0.360. The maximum Gasteiger partial charge on any atom is 0.419 e. The van der Waals surface area contributed by atoms with E-state index >= 15 is 4.39 Å². The lowest BCUT2D eigenvalue weighted by molar-refractivity contribution is -0.140. The molecule has 36 heavy (non-hydrogen) atoms. The fourth-order valence-electron chi connectivity index (χ4n) is 4.19. The van der Waals surface area contributed by atoms with Crippen LogP contribution in [-0.2, 0) is 17.5 Å². The molecule has 192 valence electrons.